The molecule has 1 aromatic carbocycles. The van der Waals surface area contributed by atoms with E-state index in [2.05, 4.69) is 23.6 Å². The number of pyridine rings is 1. The third-order valence-corrected chi connectivity index (χ3v) is 6.77. The molecule has 4 rings (SSSR count). The molecule has 5 nitrogen and oxygen atoms in total. The van der Waals surface area contributed by atoms with E-state index in [-0.39, 0.29) is 11.3 Å². The van der Waals surface area contributed by atoms with Gasteiger partial charge in [0.15, 0.2) is 0 Å². The van der Waals surface area contributed by atoms with Crippen LogP contribution in [-0.4, -0.2) is 60.4 Å². The second-order valence-electron chi connectivity index (χ2n) is 9.64. The van der Waals surface area contributed by atoms with Crippen molar-refractivity contribution < 1.29 is 27.4 Å². The fourth-order valence-electron chi connectivity index (χ4n) is 5.04. The lowest BCUT2D eigenvalue weighted by molar-refractivity contribution is -0.222. The van der Waals surface area contributed by atoms with Crippen LogP contribution in [0.15, 0.2) is 42.7 Å². The van der Waals surface area contributed by atoms with Crippen molar-refractivity contribution in [2.75, 3.05) is 25.0 Å². The maximum Gasteiger partial charge on any atom is 0.252 e. The summed E-state index contributed by atoms with van der Waals surface area (Å²) in [7, 11) is 1.93. The summed E-state index contributed by atoms with van der Waals surface area (Å²) < 4.78 is 60.7. The molecule has 1 aromatic heterocycles. The molecule has 3 heterocycles. The van der Waals surface area contributed by atoms with Crippen LogP contribution >= 0.6 is 0 Å². The minimum absolute atomic E-state index is 0.186. The fraction of sp³-hybridized carbons (Fsp3) is 0.542. The lowest BCUT2D eigenvalue weighted by atomic mass is 9.62. The monoisotopic (exact) mass is 467 g/mol. The molecule has 0 spiro atoms. The minimum atomic E-state index is -2.66. The molecular weight excluding hydrogens is 438 g/mol. The predicted octanol–water partition coefficient (Wildman–Crippen LogP) is 4.41. The molecule has 2 aromatic rings. The van der Waals surface area contributed by atoms with Gasteiger partial charge in [-0.15, -0.1) is 0 Å². The first-order valence-corrected chi connectivity index (χ1v) is 10.9. The second-order valence-corrected chi connectivity index (χ2v) is 9.64. The highest BCUT2D eigenvalue weighted by atomic mass is 19.2. The van der Waals surface area contributed by atoms with Crippen molar-refractivity contribution in [3.63, 3.8) is 0 Å². The lowest BCUT2D eigenvalue weighted by Crippen LogP contribution is -2.63. The Kier molecular flexibility index (Phi) is 6.18. The van der Waals surface area contributed by atoms with E-state index < -0.39 is 36.3 Å². The van der Waals surface area contributed by atoms with Crippen LogP contribution < -0.4 is 4.90 Å². The number of halogens is 4. The normalized spacial score (nSPS) is 29.6. The van der Waals surface area contributed by atoms with Gasteiger partial charge in [0, 0.05) is 30.3 Å². The van der Waals surface area contributed by atoms with Crippen LogP contribution in [0.5, 0.6) is 0 Å². The first-order valence-electron chi connectivity index (χ1n) is 10.9. The number of benzene rings is 1. The molecule has 2 fully saturated rings. The highest BCUT2D eigenvalue weighted by Crippen LogP contribution is 2.50. The van der Waals surface area contributed by atoms with E-state index in [0.29, 0.717) is 29.5 Å². The Hall–Kier alpha value is -2.23. The molecule has 9 heteroatoms. The number of morpholine rings is 1. The van der Waals surface area contributed by atoms with E-state index in [9.17, 15) is 22.7 Å². The van der Waals surface area contributed by atoms with E-state index in [1.165, 1.54) is 12.3 Å². The van der Waals surface area contributed by atoms with Crippen molar-refractivity contribution in [2.45, 2.75) is 57.6 Å². The van der Waals surface area contributed by atoms with Crippen LogP contribution in [0.3, 0.4) is 0 Å². The summed E-state index contributed by atoms with van der Waals surface area (Å²) in [5, 5.41) is 12.2. The maximum atomic E-state index is 14.5. The second kappa shape index (κ2) is 8.52. The summed E-state index contributed by atoms with van der Waals surface area (Å²) in [6, 6.07) is 8.90. The average molecular weight is 468 g/mol. The first-order chi connectivity index (χ1) is 15.5. The number of hydrogen-bond donors (Lipinski definition) is 1. The number of nitrogens with zero attached hydrogens (tertiary/aromatic N) is 3. The van der Waals surface area contributed by atoms with E-state index in [0.717, 1.165) is 11.8 Å². The SMILES string of the molecule is CC(C)c1ccc(C(O)(c2cncc(N3C(F)C(F)OC(F)C3F)c2)C2(C)CN(C)C2)cc1. The van der Waals surface area contributed by atoms with E-state index in [1.807, 2.05) is 43.1 Å². The summed E-state index contributed by atoms with van der Waals surface area (Å²) >= 11 is 0. The molecule has 2 aliphatic heterocycles. The van der Waals surface area contributed by atoms with Gasteiger partial charge < -0.3 is 19.6 Å². The molecule has 2 aliphatic rings. The number of aliphatic hydroxyl groups is 1. The molecule has 0 aliphatic carbocycles. The Balaban J connectivity index is 1.80. The number of likely N-dealkylation sites (tertiary alicyclic amines) is 1. The van der Waals surface area contributed by atoms with Gasteiger partial charge in [-0.2, -0.15) is 0 Å². The van der Waals surface area contributed by atoms with Gasteiger partial charge in [-0.05, 0) is 30.2 Å². The van der Waals surface area contributed by atoms with Gasteiger partial charge in [-0.1, -0.05) is 45.0 Å². The van der Waals surface area contributed by atoms with Crippen LogP contribution in [-0.2, 0) is 10.3 Å². The van der Waals surface area contributed by atoms with Gasteiger partial charge in [-0.25, -0.2) is 17.6 Å². The molecule has 0 saturated carbocycles. The summed E-state index contributed by atoms with van der Waals surface area (Å²) in [5.41, 5.74) is -0.405. The van der Waals surface area contributed by atoms with Crippen molar-refractivity contribution >= 4 is 5.69 Å². The van der Waals surface area contributed by atoms with Gasteiger partial charge >= 0.3 is 0 Å². The molecule has 33 heavy (non-hydrogen) atoms. The van der Waals surface area contributed by atoms with Gasteiger partial charge in [0.25, 0.3) is 12.7 Å². The number of rotatable bonds is 5. The molecule has 0 bridgehead atoms. The Morgan fingerprint density at radius 2 is 1.61 bits per heavy atom. The van der Waals surface area contributed by atoms with Crippen molar-refractivity contribution in [3.8, 4) is 0 Å². The quantitative estimate of drug-likeness (QED) is 0.522. The molecule has 0 amide bonds. The fourth-order valence-corrected chi connectivity index (χ4v) is 5.04. The third kappa shape index (κ3) is 3.90. The number of anilines is 1. The molecular formula is C24H29F4N3O2. The Bertz CT molecular complexity index is 972. The number of alkyl halides is 4. The Morgan fingerprint density at radius 1 is 1.03 bits per heavy atom. The highest BCUT2D eigenvalue weighted by Gasteiger charge is 2.55. The maximum absolute atomic E-state index is 14.5. The summed E-state index contributed by atoms with van der Waals surface area (Å²) in [4.78, 5) is 6.44. The van der Waals surface area contributed by atoms with Crippen LogP contribution in [0.4, 0.5) is 23.2 Å². The standard InChI is InChI=1S/C24H29F4N3O2/c1-14(2)15-5-7-16(8-6-15)24(32,23(3)12-30(4)13-23)17-9-18(11-29-10-17)31-19(25)21(27)33-22(28)20(31)26/h5-11,14,19-22,32H,12-13H2,1-4H3. The highest BCUT2D eigenvalue weighted by molar-refractivity contribution is 5.52. The molecule has 1 N–H and O–H groups in total. The predicted molar refractivity (Wildman–Crippen MR) is 117 cm³/mol. The summed E-state index contributed by atoms with van der Waals surface area (Å²) in [6.45, 7) is 7.18. The van der Waals surface area contributed by atoms with Crippen molar-refractivity contribution in [1.82, 2.24) is 9.88 Å². The van der Waals surface area contributed by atoms with Crippen molar-refractivity contribution in [2.24, 2.45) is 5.41 Å². The lowest BCUT2D eigenvalue weighted by Gasteiger charge is -2.56. The molecule has 5 unspecified atom stereocenters. The minimum Gasteiger partial charge on any atom is -0.380 e. The van der Waals surface area contributed by atoms with Crippen LogP contribution in [0.25, 0.3) is 0 Å². The van der Waals surface area contributed by atoms with E-state index in [1.54, 1.807) is 0 Å². The third-order valence-electron chi connectivity index (χ3n) is 6.77. The smallest absolute Gasteiger partial charge is 0.252 e. The first kappa shape index (κ1) is 23.9. The van der Waals surface area contributed by atoms with Crippen LogP contribution in [0.2, 0.25) is 0 Å². The van der Waals surface area contributed by atoms with Gasteiger partial charge in [0.1, 0.15) is 5.60 Å². The number of hydrogen-bond acceptors (Lipinski definition) is 5. The molecule has 2 saturated heterocycles. The van der Waals surface area contributed by atoms with Crippen LogP contribution in [0, 0.1) is 5.41 Å². The summed E-state index contributed by atoms with van der Waals surface area (Å²) in [5.74, 6) is 0.300. The number of ether oxygens (including phenoxy) is 1. The Labute approximate surface area is 191 Å². The zero-order chi connectivity index (χ0) is 24.1. The average Bonchev–Trinajstić information content (AvgIpc) is 2.76. The van der Waals surface area contributed by atoms with Gasteiger partial charge in [0.2, 0.25) is 12.6 Å². The van der Waals surface area contributed by atoms with Gasteiger partial charge in [-0.3, -0.25) is 4.98 Å². The zero-order valence-corrected chi connectivity index (χ0v) is 19.1. The summed E-state index contributed by atoms with van der Waals surface area (Å²) in [6.07, 6.45) is -7.90. The topological polar surface area (TPSA) is 48.8 Å². The molecule has 180 valence electrons. The van der Waals surface area contributed by atoms with Crippen LogP contribution in [0.1, 0.15) is 43.4 Å². The van der Waals surface area contributed by atoms with E-state index in [4.69, 9.17) is 0 Å². The van der Waals surface area contributed by atoms with Crippen molar-refractivity contribution in [3.05, 3.63) is 59.4 Å². The number of aromatic nitrogens is 1. The molecule has 0 radical (unpaired) electrons. The van der Waals surface area contributed by atoms with Crippen molar-refractivity contribution in [1.29, 1.82) is 0 Å². The largest absolute Gasteiger partial charge is 0.380 e. The van der Waals surface area contributed by atoms with Gasteiger partial charge in [0.05, 0.1) is 11.9 Å². The van der Waals surface area contributed by atoms with E-state index >= 15 is 0 Å². The Morgan fingerprint density at radius 3 is 2.12 bits per heavy atom. The molecule has 5 atom stereocenters. The zero-order valence-electron chi connectivity index (χ0n) is 19.1.